The first-order valence-corrected chi connectivity index (χ1v) is 8.03. The molecule has 1 aromatic carbocycles. The van der Waals surface area contributed by atoms with Gasteiger partial charge in [-0.3, -0.25) is 0 Å². The van der Waals surface area contributed by atoms with E-state index in [0.29, 0.717) is 17.7 Å². The van der Waals surface area contributed by atoms with E-state index >= 15 is 0 Å². The minimum atomic E-state index is -0.414. The summed E-state index contributed by atoms with van der Waals surface area (Å²) in [6.45, 7) is 1.04. The molecular formula is C17H21NO3. The first-order valence-electron chi connectivity index (χ1n) is 8.03. The Balaban J connectivity index is 1.81. The van der Waals surface area contributed by atoms with Crippen LogP contribution in [0.2, 0.25) is 0 Å². The van der Waals surface area contributed by atoms with Crippen molar-refractivity contribution >= 4 is 0 Å². The molecule has 5 rings (SSSR count). The Labute approximate surface area is 124 Å². The summed E-state index contributed by atoms with van der Waals surface area (Å²) in [7, 11) is 2.22. The zero-order chi connectivity index (χ0) is 14.4. The van der Waals surface area contributed by atoms with Gasteiger partial charge in [0.1, 0.15) is 6.10 Å². The maximum atomic E-state index is 10.5. The molecule has 21 heavy (non-hydrogen) atoms. The van der Waals surface area contributed by atoms with Crippen LogP contribution in [0.1, 0.15) is 30.4 Å². The van der Waals surface area contributed by atoms with Gasteiger partial charge >= 0.3 is 0 Å². The Bertz CT molecular complexity index is 631. The van der Waals surface area contributed by atoms with Gasteiger partial charge in [0.2, 0.25) is 0 Å². The number of phenolic OH excluding ortho intramolecular Hbond substituents is 1. The molecule has 1 saturated heterocycles. The number of hydrogen-bond acceptors (Lipinski definition) is 4. The van der Waals surface area contributed by atoms with E-state index in [-0.39, 0.29) is 17.3 Å². The van der Waals surface area contributed by atoms with E-state index in [4.69, 9.17) is 4.74 Å². The van der Waals surface area contributed by atoms with Gasteiger partial charge in [0.05, 0.1) is 6.10 Å². The van der Waals surface area contributed by atoms with Crippen molar-refractivity contribution < 1.29 is 14.9 Å². The number of phenols is 1. The van der Waals surface area contributed by atoms with Crippen molar-refractivity contribution in [3.05, 3.63) is 23.3 Å². The fourth-order valence-corrected chi connectivity index (χ4v) is 5.71. The molecule has 2 aliphatic carbocycles. The summed E-state index contributed by atoms with van der Waals surface area (Å²) in [5.41, 5.74) is 2.46. The van der Waals surface area contributed by atoms with Gasteiger partial charge in [0.15, 0.2) is 11.5 Å². The van der Waals surface area contributed by atoms with Crippen LogP contribution in [0, 0.1) is 5.92 Å². The summed E-state index contributed by atoms with van der Waals surface area (Å²) >= 11 is 0. The van der Waals surface area contributed by atoms with Crippen LogP contribution in [0.4, 0.5) is 0 Å². The van der Waals surface area contributed by atoms with Crippen molar-refractivity contribution in [2.45, 2.75) is 49.3 Å². The van der Waals surface area contributed by atoms with Crippen LogP contribution >= 0.6 is 0 Å². The van der Waals surface area contributed by atoms with E-state index in [9.17, 15) is 10.2 Å². The number of aromatic hydroxyl groups is 1. The lowest BCUT2D eigenvalue weighted by Gasteiger charge is -2.58. The highest BCUT2D eigenvalue weighted by atomic mass is 16.5. The lowest BCUT2D eigenvalue weighted by Crippen LogP contribution is -2.66. The number of aliphatic hydroxyl groups excluding tert-OH is 1. The van der Waals surface area contributed by atoms with E-state index in [1.807, 2.05) is 0 Å². The molecule has 0 amide bonds. The third kappa shape index (κ3) is 1.25. The number of nitrogens with zero attached hydrogens (tertiary/aromatic N) is 1. The average molecular weight is 287 g/mol. The zero-order valence-corrected chi connectivity index (χ0v) is 12.2. The number of likely N-dealkylation sites (tertiary alicyclic amines) is 1. The number of hydrogen-bond donors (Lipinski definition) is 2. The second kappa shape index (κ2) is 3.73. The van der Waals surface area contributed by atoms with E-state index in [1.54, 1.807) is 6.07 Å². The van der Waals surface area contributed by atoms with Crippen LogP contribution in [0.3, 0.4) is 0 Å². The van der Waals surface area contributed by atoms with Crippen molar-refractivity contribution in [1.82, 2.24) is 4.90 Å². The van der Waals surface area contributed by atoms with Crippen molar-refractivity contribution in [3.8, 4) is 11.5 Å². The van der Waals surface area contributed by atoms with Crippen molar-refractivity contribution in [3.63, 3.8) is 0 Å². The Kier molecular flexibility index (Phi) is 2.19. The second-order valence-corrected chi connectivity index (χ2v) is 7.28. The Morgan fingerprint density at radius 1 is 1.33 bits per heavy atom. The lowest BCUT2D eigenvalue weighted by atomic mass is 9.51. The summed E-state index contributed by atoms with van der Waals surface area (Å²) in [5.74, 6) is 1.44. The number of likely N-dealkylation sites (N-methyl/N-ethyl adjacent to an activating group) is 1. The molecule has 1 aromatic rings. The van der Waals surface area contributed by atoms with Gasteiger partial charge in [-0.15, -0.1) is 0 Å². The Hall–Kier alpha value is -1.26. The van der Waals surface area contributed by atoms with Gasteiger partial charge in [-0.1, -0.05) is 6.07 Å². The molecule has 1 saturated carbocycles. The molecule has 2 fully saturated rings. The minimum absolute atomic E-state index is 0.0729. The molecule has 0 aromatic heterocycles. The maximum Gasteiger partial charge on any atom is 0.165 e. The monoisotopic (exact) mass is 287 g/mol. The summed E-state index contributed by atoms with van der Waals surface area (Å²) in [5, 5.41) is 20.8. The van der Waals surface area contributed by atoms with E-state index < -0.39 is 6.10 Å². The molecule has 4 unspecified atom stereocenters. The SMILES string of the molecule is CN1CCC23c4c5ccc(O)c4OC2[C@H](O)CCC3C1C5. The minimum Gasteiger partial charge on any atom is -0.504 e. The quantitative estimate of drug-likeness (QED) is 0.758. The Morgan fingerprint density at radius 3 is 3.05 bits per heavy atom. The van der Waals surface area contributed by atoms with Gasteiger partial charge in [0, 0.05) is 17.0 Å². The molecule has 2 bridgehead atoms. The number of piperidine rings is 1. The second-order valence-electron chi connectivity index (χ2n) is 7.28. The average Bonchev–Trinajstić information content (AvgIpc) is 2.83. The molecule has 2 N–H and O–H groups in total. The largest absolute Gasteiger partial charge is 0.504 e. The van der Waals surface area contributed by atoms with Crippen molar-refractivity contribution in [2.24, 2.45) is 5.92 Å². The predicted octanol–water partition coefficient (Wildman–Crippen LogP) is 1.42. The molecule has 4 aliphatic rings. The molecular weight excluding hydrogens is 266 g/mol. The third-order valence-corrected chi connectivity index (χ3v) is 6.56. The predicted molar refractivity (Wildman–Crippen MR) is 77.7 cm³/mol. The molecule has 1 spiro atoms. The topological polar surface area (TPSA) is 52.9 Å². The zero-order valence-electron chi connectivity index (χ0n) is 12.2. The highest BCUT2D eigenvalue weighted by Crippen LogP contribution is 2.63. The summed E-state index contributed by atoms with van der Waals surface area (Å²) < 4.78 is 6.14. The van der Waals surface area contributed by atoms with E-state index in [0.717, 1.165) is 32.2 Å². The Morgan fingerprint density at radius 2 is 2.19 bits per heavy atom. The third-order valence-electron chi connectivity index (χ3n) is 6.56. The van der Waals surface area contributed by atoms with Crippen molar-refractivity contribution in [2.75, 3.05) is 13.6 Å². The number of benzene rings is 1. The van der Waals surface area contributed by atoms with E-state index in [2.05, 4.69) is 18.0 Å². The smallest absolute Gasteiger partial charge is 0.165 e. The van der Waals surface area contributed by atoms with Gasteiger partial charge in [-0.25, -0.2) is 0 Å². The molecule has 2 aliphatic heterocycles. The summed E-state index contributed by atoms with van der Waals surface area (Å²) in [6.07, 6.45) is 3.35. The molecule has 112 valence electrons. The molecule has 5 atom stereocenters. The van der Waals surface area contributed by atoms with Gasteiger partial charge in [0.25, 0.3) is 0 Å². The highest BCUT2D eigenvalue weighted by Gasteiger charge is 2.65. The molecule has 2 heterocycles. The lowest BCUT2D eigenvalue weighted by molar-refractivity contribution is -0.0993. The first kappa shape index (κ1) is 12.3. The number of rotatable bonds is 0. The van der Waals surface area contributed by atoms with Gasteiger partial charge in [-0.05, 0) is 56.8 Å². The highest BCUT2D eigenvalue weighted by molar-refractivity contribution is 5.60. The molecule has 0 radical (unpaired) electrons. The fraction of sp³-hybridized carbons (Fsp3) is 0.647. The van der Waals surface area contributed by atoms with Gasteiger partial charge in [-0.2, -0.15) is 0 Å². The summed E-state index contributed by atoms with van der Waals surface area (Å²) in [4.78, 5) is 2.48. The van der Waals surface area contributed by atoms with Crippen LogP contribution in [0.15, 0.2) is 12.1 Å². The van der Waals surface area contributed by atoms with Crippen LogP contribution in [0.5, 0.6) is 11.5 Å². The molecule has 4 nitrogen and oxygen atoms in total. The van der Waals surface area contributed by atoms with E-state index in [1.165, 1.54) is 11.1 Å². The van der Waals surface area contributed by atoms with Crippen molar-refractivity contribution in [1.29, 1.82) is 0 Å². The number of aliphatic hydroxyl groups is 1. The maximum absolute atomic E-state index is 10.5. The fourth-order valence-electron chi connectivity index (χ4n) is 5.71. The van der Waals surface area contributed by atoms with Crippen LogP contribution in [-0.2, 0) is 11.8 Å². The van der Waals surface area contributed by atoms with Gasteiger partial charge < -0.3 is 19.8 Å². The van der Waals surface area contributed by atoms with Crippen LogP contribution in [0.25, 0.3) is 0 Å². The standard InChI is InChI=1S/C17H21NO3/c1-18-7-6-17-10-3-5-13(20)16(17)21-15-12(19)4-2-9(14(15)17)8-11(10)18/h2,4,10-11,13,16,19-20H,3,5-8H2,1H3/t10?,11?,13-,16?,17?/m1/s1. The number of ether oxygens (including phenoxy) is 1. The first-order chi connectivity index (χ1) is 10.1. The van der Waals surface area contributed by atoms with Crippen LogP contribution in [-0.4, -0.2) is 47.0 Å². The van der Waals surface area contributed by atoms with Crippen LogP contribution < -0.4 is 4.74 Å². The molecule has 4 heteroatoms. The normalized spacial score (nSPS) is 43.3. The summed E-state index contributed by atoms with van der Waals surface area (Å²) in [6, 6.07) is 4.36.